The Labute approximate surface area is 116 Å². The summed E-state index contributed by atoms with van der Waals surface area (Å²) in [6.07, 6.45) is -1.15. The lowest BCUT2D eigenvalue weighted by Gasteiger charge is -2.30. The highest BCUT2D eigenvalue weighted by Crippen LogP contribution is 2.37. The molecule has 1 saturated carbocycles. The first-order valence-electron chi connectivity index (χ1n) is 6.86. The Balaban J connectivity index is 1.74. The third kappa shape index (κ3) is 4.21. The van der Waals surface area contributed by atoms with Crippen molar-refractivity contribution in [2.75, 3.05) is 0 Å². The first-order chi connectivity index (χ1) is 8.99. The Morgan fingerprint density at radius 2 is 1.79 bits per heavy atom. The lowest BCUT2D eigenvalue weighted by molar-refractivity contribution is -0.182. The van der Waals surface area contributed by atoms with Crippen LogP contribution in [0.3, 0.4) is 0 Å². The molecule has 2 rings (SSSR count). The summed E-state index contributed by atoms with van der Waals surface area (Å²) >= 11 is 1.78. The van der Waals surface area contributed by atoms with Crippen LogP contribution in [0.15, 0.2) is 12.1 Å². The number of aryl methyl sites for hydroxylation is 1. The normalized spacial score (nSPS) is 24.6. The van der Waals surface area contributed by atoms with E-state index in [1.54, 1.807) is 11.3 Å². The molecule has 0 amide bonds. The van der Waals surface area contributed by atoms with E-state index in [0.29, 0.717) is 12.8 Å². The maximum absolute atomic E-state index is 12.5. The number of rotatable bonds is 4. The van der Waals surface area contributed by atoms with Crippen molar-refractivity contribution in [2.45, 2.75) is 57.8 Å². The van der Waals surface area contributed by atoms with E-state index in [4.69, 9.17) is 0 Å². The molecule has 1 N–H and O–H groups in total. The van der Waals surface area contributed by atoms with Crippen molar-refractivity contribution in [3.8, 4) is 0 Å². The number of hydrogen-bond acceptors (Lipinski definition) is 2. The van der Waals surface area contributed by atoms with Crippen molar-refractivity contribution in [3.63, 3.8) is 0 Å². The van der Waals surface area contributed by atoms with E-state index in [0.717, 1.165) is 13.0 Å². The average molecular weight is 291 g/mol. The molecule has 0 bridgehead atoms. The molecule has 108 valence electrons. The summed E-state index contributed by atoms with van der Waals surface area (Å²) in [6.45, 7) is 2.91. The highest BCUT2D eigenvalue weighted by molar-refractivity contribution is 7.11. The maximum Gasteiger partial charge on any atom is 0.391 e. The van der Waals surface area contributed by atoms with Crippen LogP contribution in [0, 0.1) is 5.92 Å². The van der Waals surface area contributed by atoms with Gasteiger partial charge in [-0.2, -0.15) is 13.2 Å². The second kappa shape index (κ2) is 6.27. The lowest BCUT2D eigenvalue weighted by Crippen LogP contribution is -2.36. The van der Waals surface area contributed by atoms with Gasteiger partial charge in [-0.05, 0) is 44.2 Å². The average Bonchev–Trinajstić information content (AvgIpc) is 2.84. The van der Waals surface area contributed by atoms with E-state index < -0.39 is 12.1 Å². The highest BCUT2D eigenvalue weighted by atomic mass is 32.1. The van der Waals surface area contributed by atoms with Crippen LogP contribution in [-0.2, 0) is 13.0 Å². The SMILES string of the molecule is CCc1ccc(CNC2CCC(C(F)(F)F)CC2)s1. The standard InChI is InChI=1S/C14H20F3NS/c1-2-12-7-8-13(19-12)9-18-11-5-3-10(4-6-11)14(15,16)17/h7-8,10-11,18H,2-6,9H2,1H3. The van der Waals surface area contributed by atoms with E-state index in [2.05, 4.69) is 24.4 Å². The molecule has 0 saturated heterocycles. The number of alkyl halides is 3. The minimum absolute atomic E-state index is 0.241. The summed E-state index contributed by atoms with van der Waals surface area (Å²) in [4.78, 5) is 2.63. The van der Waals surface area contributed by atoms with E-state index in [1.165, 1.54) is 9.75 Å². The molecule has 0 aliphatic heterocycles. The Kier molecular flexibility index (Phi) is 4.90. The molecule has 0 atom stereocenters. The summed E-state index contributed by atoms with van der Waals surface area (Å²) in [5, 5.41) is 3.39. The van der Waals surface area contributed by atoms with Gasteiger partial charge in [-0.1, -0.05) is 6.92 Å². The summed E-state index contributed by atoms with van der Waals surface area (Å²) < 4.78 is 37.6. The van der Waals surface area contributed by atoms with Crippen LogP contribution in [0.25, 0.3) is 0 Å². The molecule has 1 aliphatic rings. The molecule has 1 aromatic rings. The summed E-state index contributed by atoms with van der Waals surface area (Å²) in [7, 11) is 0. The number of halogens is 3. The Hall–Kier alpha value is -0.550. The molecule has 1 aromatic heterocycles. The third-order valence-corrected chi connectivity index (χ3v) is 5.05. The van der Waals surface area contributed by atoms with E-state index in [1.807, 2.05) is 0 Å². The minimum Gasteiger partial charge on any atom is -0.309 e. The Bertz CT molecular complexity index is 392. The van der Waals surface area contributed by atoms with Gasteiger partial charge in [0.1, 0.15) is 0 Å². The van der Waals surface area contributed by atoms with Gasteiger partial charge in [0.15, 0.2) is 0 Å². The molecule has 0 spiro atoms. The van der Waals surface area contributed by atoms with E-state index in [-0.39, 0.29) is 18.9 Å². The van der Waals surface area contributed by atoms with Crippen molar-refractivity contribution in [1.82, 2.24) is 5.32 Å². The first kappa shape index (κ1) is 14.9. The third-order valence-electron chi connectivity index (χ3n) is 3.82. The molecule has 0 radical (unpaired) electrons. The van der Waals surface area contributed by atoms with Gasteiger partial charge < -0.3 is 5.32 Å². The lowest BCUT2D eigenvalue weighted by atomic mass is 9.85. The van der Waals surface area contributed by atoms with Crippen LogP contribution in [0.1, 0.15) is 42.4 Å². The van der Waals surface area contributed by atoms with Gasteiger partial charge in [0, 0.05) is 22.3 Å². The monoisotopic (exact) mass is 291 g/mol. The van der Waals surface area contributed by atoms with Crippen LogP contribution >= 0.6 is 11.3 Å². The van der Waals surface area contributed by atoms with Crippen molar-refractivity contribution < 1.29 is 13.2 Å². The Morgan fingerprint density at radius 3 is 2.32 bits per heavy atom. The molecular formula is C14H20F3NS. The molecule has 1 fully saturated rings. The second-order valence-electron chi connectivity index (χ2n) is 5.19. The molecule has 0 aromatic carbocycles. The van der Waals surface area contributed by atoms with Crippen LogP contribution < -0.4 is 5.32 Å². The largest absolute Gasteiger partial charge is 0.391 e. The van der Waals surface area contributed by atoms with Gasteiger partial charge in [0.05, 0.1) is 5.92 Å². The first-order valence-corrected chi connectivity index (χ1v) is 7.68. The predicted molar refractivity (Wildman–Crippen MR) is 72.3 cm³/mol. The zero-order chi connectivity index (χ0) is 13.9. The summed E-state index contributed by atoms with van der Waals surface area (Å²) in [5.74, 6) is -1.08. The molecule has 5 heteroatoms. The van der Waals surface area contributed by atoms with Gasteiger partial charge in [-0.3, -0.25) is 0 Å². The van der Waals surface area contributed by atoms with Gasteiger partial charge in [-0.15, -0.1) is 11.3 Å². The van der Waals surface area contributed by atoms with E-state index in [9.17, 15) is 13.2 Å². The molecular weight excluding hydrogens is 271 g/mol. The van der Waals surface area contributed by atoms with E-state index >= 15 is 0 Å². The zero-order valence-corrected chi connectivity index (χ0v) is 11.9. The number of thiophene rings is 1. The molecule has 1 heterocycles. The van der Waals surface area contributed by atoms with Crippen LogP contribution in [0.2, 0.25) is 0 Å². The number of nitrogens with one attached hydrogen (secondary N) is 1. The van der Waals surface area contributed by atoms with Gasteiger partial charge in [0.2, 0.25) is 0 Å². The molecule has 19 heavy (non-hydrogen) atoms. The maximum atomic E-state index is 12.5. The topological polar surface area (TPSA) is 12.0 Å². The zero-order valence-electron chi connectivity index (χ0n) is 11.1. The van der Waals surface area contributed by atoms with Crippen LogP contribution in [0.5, 0.6) is 0 Å². The molecule has 1 nitrogen and oxygen atoms in total. The van der Waals surface area contributed by atoms with Gasteiger partial charge in [-0.25, -0.2) is 0 Å². The highest BCUT2D eigenvalue weighted by Gasteiger charge is 2.41. The van der Waals surface area contributed by atoms with Crippen molar-refractivity contribution in [2.24, 2.45) is 5.92 Å². The summed E-state index contributed by atoms with van der Waals surface area (Å²) in [6, 6.07) is 4.48. The van der Waals surface area contributed by atoms with Crippen molar-refractivity contribution >= 4 is 11.3 Å². The smallest absolute Gasteiger partial charge is 0.309 e. The van der Waals surface area contributed by atoms with Gasteiger partial charge in [0.25, 0.3) is 0 Å². The van der Waals surface area contributed by atoms with Crippen LogP contribution in [0.4, 0.5) is 13.2 Å². The molecule has 0 unspecified atom stereocenters. The Morgan fingerprint density at radius 1 is 1.16 bits per heavy atom. The van der Waals surface area contributed by atoms with Crippen molar-refractivity contribution in [3.05, 3.63) is 21.9 Å². The fourth-order valence-corrected chi connectivity index (χ4v) is 3.49. The minimum atomic E-state index is -4.01. The molecule has 1 aliphatic carbocycles. The fraction of sp³-hybridized carbons (Fsp3) is 0.714. The second-order valence-corrected chi connectivity index (χ2v) is 6.45. The van der Waals surface area contributed by atoms with Crippen molar-refractivity contribution in [1.29, 1.82) is 0 Å². The quantitative estimate of drug-likeness (QED) is 0.860. The van der Waals surface area contributed by atoms with Gasteiger partial charge >= 0.3 is 6.18 Å². The van der Waals surface area contributed by atoms with Crippen LogP contribution in [-0.4, -0.2) is 12.2 Å². The summed E-state index contributed by atoms with van der Waals surface area (Å²) in [5.41, 5.74) is 0. The predicted octanol–water partition coefficient (Wildman–Crippen LogP) is 4.52. The fourth-order valence-electron chi connectivity index (χ4n) is 2.58. The number of hydrogen-bond donors (Lipinski definition) is 1.